The van der Waals surface area contributed by atoms with Crippen molar-refractivity contribution < 1.29 is 14.3 Å². The van der Waals surface area contributed by atoms with Crippen LogP contribution in [-0.2, 0) is 0 Å². The molecule has 0 saturated heterocycles. The van der Waals surface area contributed by atoms with E-state index in [1.807, 2.05) is 24.3 Å². The highest BCUT2D eigenvalue weighted by Gasteiger charge is 2.33. The molecule has 0 N–H and O–H groups in total. The number of fused-ring (bicyclic) bond motifs is 3. The Bertz CT molecular complexity index is 954. The number of methoxy groups -OCH3 is 1. The molecule has 0 spiro atoms. The summed E-state index contributed by atoms with van der Waals surface area (Å²) in [6, 6.07) is 16.3. The molecule has 3 heteroatoms. The third-order valence-electron chi connectivity index (χ3n) is 4.09. The van der Waals surface area contributed by atoms with Crippen molar-refractivity contribution in [2.75, 3.05) is 7.11 Å². The molecule has 22 heavy (non-hydrogen) atoms. The molecule has 0 bridgehead atoms. The minimum atomic E-state index is -0.159. The van der Waals surface area contributed by atoms with Crippen molar-refractivity contribution in [1.29, 1.82) is 0 Å². The number of carbonyl (C=O) groups excluding carboxylic acids is 2. The second-order valence-corrected chi connectivity index (χ2v) is 5.26. The fourth-order valence-electron chi connectivity index (χ4n) is 3.09. The molecule has 1 aliphatic carbocycles. The standard InChI is InChI=1S/C19H12O3/c1-22-19-12-7-3-2-6-11(12)10-15-16(19)18(21)14-9-5-4-8-13(14)17(15)20/h2-10H,1H3. The first kappa shape index (κ1) is 12.8. The first-order valence-electron chi connectivity index (χ1n) is 7.00. The van der Waals surface area contributed by atoms with Crippen molar-refractivity contribution in [2.24, 2.45) is 0 Å². The lowest BCUT2D eigenvalue weighted by Gasteiger charge is -2.21. The topological polar surface area (TPSA) is 43.4 Å². The first-order valence-corrected chi connectivity index (χ1v) is 7.00. The average Bonchev–Trinajstić information content (AvgIpc) is 2.58. The van der Waals surface area contributed by atoms with Gasteiger partial charge in [0.15, 0.2) is 11.6 Å². The van der Waals surface area contributed by atoms with Gasteiger partial charge < -0.3 is 4.74 Å². The van der Waals surface area contributed by atoms with Crippen LogP contribution in [0, 0.1) is 0 Å². The van der Waals surface area contributed by atoms with Crippen LogP contribution in [-0.4, -0.2) is 18.7 Å². The van der Waals surface area contributed by atoms with Crippen molar-refractivity contribution >= 4 is 22.3 Å². The van der Waals surface area contributed by atoms with Crippen LogP contribution in [0.15, 0.2) is 54.6 Å². The summed E-state index contributed by atoms with van der Waals surface area (Å²) in [5.74, 6) is 0.183. The number of benzene rings is 3. The lowest BCUT2D eigenvalue weighted by molar-refractivity contribution is 0.0977. The van der Waals surface area contributed by atoms with Gasteiger partial charge in [0.25, 0.3) is 0 Å². The molecule has 4 rings (SSSR count). The van der Waals surface area contributed by atoms with E-state index in [0.29, 0.717) is 28.0 Å². The molecular weight excluding hydrogens is 276 g/mol. The molecule has 0 fully saturated rings. The van der Waals surface area contributed by atoms with Gasteiger partial charge in [-0.1, -0.05) is 48.5 Å². The van der Waals surface area contributed by atoms with Gasteiger partial charge in [-0.05, 0) is 11.5 Å². The van der Waals surface area contributed by atoms with E-state index in [9.17, 15) is 9.59 Å². The fourth-order valence-corrected chi connectivity index (χ4v) is 3.09. The Balaban J connectivity index is 2.14. The van der Waals surface area contributed by atoms with Crippen molar-refractivity contribution in [3.05, 3.63) is 76.9 Å². The molecule has 0 heterocycles. The number of hydrogen-bond donors (Lipinski definition) is 0. The summed E-state index contributed by atoms with van der Waals surface area (Å²) in [7, 11) is 1.53. The molecule has 0 atom stereocenters. The van der Waals surface area contributed by atoms with Gasteiger partial charge in [0.05, 0.1) is 12.7 Å². The highest BCUT2D eigenvalue weighted by Crippen LogP contribution is 2.38. The highest BCUT2D eigenvalue weighted by molar-refractivity contribution is 6.31. The van der Waals surface area contributed by atoms with Gasteiger partial charge in [0, 0.05) is 22.1 Å². The predicted octanol–water partition coefficient (Wildman–Crippen LogP) is 3.62. The second kappa shape index (κ2) is 4.53. The van der Waals surface area contributed by atoms with E-state index >= 15 is 0 Å². The molecule has 1 aliphatic rings. The highest BCUT2D eigenvalue weighted by atomic mass is 16.5. The van der Waals surface area contributed by atoms with Gasteiger partial charge in [-0.25, -0.2) is 0 Å². The van der Waals surface area contributed by atoms with E-state index in [1.165, 1.54) is 7.11 Å². The summed E-state index contributed by atoms with van der Waals surface area (Å²) in [6.07, 6.45) is 0. The molecule has 3 aromatic carbocycles. The molecule has 0 saturated carbocycles. The summed E-state index contributed by atoms with van der Waals surface area (Å²) < 4.78 is 5.49. The van der Waals surface area contributed by atoms with E-state index in [4.69, 9.17) is 4.74 Å². The lowest BCUT2D eigenvalue weighted by atomic mass is 9.82. The first-order chi connectivity index (χ1) is 10.7. The monoisotopic (exact) mass is 288 g/mol. The van der Waals surface area contributed by atoms with Crippen LogP contribution in [0.2, 0.25) is 0 Å². The Morgan fingerprint density at radius 1 is 0.773 bits per heavy atom. The molecule has 0 aromatic heterocycles. The largest absolute Gasteiger partial charge is 0.495 e. The maximum Gasteiger partial charge on any atom is 0.198 e. The molecule has 0 aliphatic heterocycles. The van der Waals surface area contributed by atoms with Crippen LogP contribution in [0.25, 0.3) is 10.8 Å². The average molecular weight is 288 g/mol. The maximum absolute atomic E-state index is 12.8. The van der Waals surface area contributed by atoms with Crippen LogP contribution < -0.4 is 4.74 Å². The third kappa shape index (κ3) is 1.56. The number of hydrogen-bond acceptors (Lipinski definition) is 3. The molecular formula is C19H12O3. The Morgan fingerprint density at radius 2 is 1.41 bits per heavy atom. The van der Waals surface area contributed by atoms with Gasteiger partial charge in [0.1, 0.15) is 5.75 Å². The smallest absolute Gasteiger partial charge is 0.198 e. The van der Waals surface area contributed by atoms with Crippen molar-refractivity contribution in [3.63, 3.8) is 0 Å². The fraction of sp³-hybridized carbons (Fsp3) is 0.0526. The van der Waals surface area contributed by atoms with Gasteiger partial charge >= 0.3 is 0 Å². The summed E-state index contributed by atoms with van der Waals surface area (Å²) in [5, 5.41) is 1.72. The molecule has 3 nitrogen and oxygen atoms in total. The summed E-state index contributed by atoms with van der Waals surface area (Å²) in [4.78, 5) is 25.6. The third-order valence-corrected chi connectivity index (χ3v) is 4.09. The van der Waals surface area contributed by atoms with Crippen molar-refractivity contribution in [1.82, 2.24) is 0 Å². The van der Waals surface area contributed by atoms with Gasteiger partial charge in [-0.15, -0.1) is 0 Å². The quantitative estimate of drug-likeness (QED) is 0.537. The zero-order valence-electron chi connectivity index (χ0n) is 11.9. The predicted molar refractivity (Wildman–Crippen MR) is 83.8 cm³/mol. The van der Waals surface area contributed by atoms with Gasteiger partial charge in [0.2, 0.25) is 0 Å². The van der Waals surface area contributed by atoms with E-state index in [2.05, 4.69) is 0 Å². The molecule has 106 valence electrons. The molecule has 3 aromatic rings. The molecule has 0 unspecified atom stereocenters. The number of ketones is 2. The van der Waals surface area contributed by atoms with E-state index in [-0.39, 0.29) is 11.6 Å². The maximum atomic E-state index is 12.8. The Morgan fingerprint density at radius 3 is 2.14 bits per heavy atom. The van der Waals surface area contributed by atoms with Crippen LogP contribution in [0.3, 0.4) is 0 Å². The van der Waals surface area contributed by atoms with E-state index in [0.717, 1.165) is 10.8 Å². The zero-order chi connectivity index (χ0) is 15.3. The van der Waals surface area contributed by atoms with Crippen molar-refractivity contribution in [2.45, 2.75) is 0 Å². The minimum absolute atomic E-state index is 0.130. The van der Waals surface area contributed by atoms with Gasteiger partial charge in [-0.3, -0.25) is 9.59 Å². The number of carbonyl (C=O) groups is 2. The van der Waals surface area contributed by atoms with Gasteiger partial charge in [-0.2, -0.15) is 0 Å². The van der Waals surface area contributed by atoms with Crippen LogP contribution in [0.4, 0.5) is 0 Å². The van der Waals surface area contributed by atoms with E-state index in [1.54, 1.807) is 30.3 Å². The normalized spacial score (nSPS) is 13.0. The zero-order valence-corrected chi connectivity index (χ0v) is 11.9. The van der Waals surface area contributed by atoms with E-state index < -0.39 is 0 Å². The summed E-state index contributed by atoms with van der Waals surface area (Å²) in [5.41, 5.74) is 1.68. The Labute approximate surface area is 127 Å². The van der Waals surface area contributed by atoms with Crippen LogP contribution >= 0.6 is 0 Å². The van der Waals surface area contributed by atoms with Crippen LogP contribution in [0.1, 0.15) is 31.8 Å². The lowest BCUT2D eigenvalue weighted by Crippen LogP contribution is -2.21. The number of ether oxygens (including phenoxy) is 1. The summed E-state index contributed by atoms with van der Waals surface area (Å²) >= 11 is 0. The number of rotatable bonds is 1. The molecule has 0 amide bonds. The Kier molecular flexibility index (Phi) is 2.63. The summed E-state index contributed by atoms with van der Waals surface area (Å²) in [6.45, 7) is 0. The van der Waals surface area contributed by atoms with Crippen LogP contribution in [0.5, 0.6) is 5.75 Å². The Hall–Kier alpha value is -2.94. The second-order valence-electron chi connectivity index (χ2n) is 5.26. The molecule has 0 radical (unpaired) electrons. The SMILES string of the molecule is COc1c2c(cc3ccccc13)C(=O)c1ccccc1C2=O. The van der Waals surface area contributed by atoms with Crippen molar-refractivity contribution in [3.8, 4) is 5.75 Å². The minimum Gasteiger partial charge on any atom is -0.495 e.